The highest BCUT2D eigenvalue weighted by atomic mass is 16.5. The van der Waals surface area contributed by atoms with Crippen molar-refractivity contribution in [1.29, 1.82) is 0 Å². The van der Waals surface area contributed by atoms with Crippen LogP contribution in [0, 0.1) is 0 Å². The minimum Gasteiger partial charge on any atom is -0.394 e. The molecule has 2 aliphatic heterocycles. The molecule has 0 aromatic rings. The monoisotopic (exact) mass is 299 g/mol. The van der Waals surface area contributed by atoms with Crippen LogP contribution in [0.3, 0.4) is 0 Å². The Bertz CT molecular complexity index is 283. The standard InChI is InChI=1S/C16H33N3O2/c1-3-16(14-20,17-2)6-4-7-18-8-5-15(13-18)19-9-11-21-12-10-19/h15,17,20H,3-14H2,1-2H3. The quantitative estimate of drug-likeness (QED) is 0.685. The van der Waals surface area contributed by atoms with Gasteiger partial charge in [-0.15, -0.1) is 0 Å². The number of aliphatic hydroxyl groups is 1. The lowest BCUT2D eigenvalue weighted by molar-refractivity contribution is 0.0184. The van der Waals surface area contributed by atoms with Gasteiger partial charge in [-0.05, 0) is 45.8 Å². The second-order valence-electron chi connectivity index (χ2n) is 6.54. The van der Waals surface area contributed by atoms with Crippen LogP contribution in [0.2, 0.25) is 0 Å². The number of nitrogens with one attached hydrogen (secondary N) is 1. The Morgan fingerprint density at radius 2 is 2.05 bits per heavy atom. The van der Waals surface area contributed by atoms with Crippen LogP contribution in [0.25, 0.3) is 0 Å². The summed E-state index contributed by atoms with van der Waals surface area (Å²) in [4.78, 5) is 5.19. The van der Waals surface area contributed by atoms with E-state index in [2.05, 4.69) is 22.0 Å². The number of hydrogen-bond donors (Lipinski definition) is 2. The zero-order chi connectivity index (χ0) is 15.1. The summed E-state index contributed by atoms with van der Waals surface area (Å²) in [7, 11) is 1.96. The van der Waals surface area contributed by atoms with Gasteiger partial charge in [0.15, 0.2) is 0 Å². The Morgan fingerprint density at radius 3 is 2.67 bits per heavy atom. The molecule has 5 nitrogen and oxygen atoms in total. The summed E-state index contributed by atoms with van der Waals surface area (Å²) in [6, 6.07) is 0.729. The van der Waals surface area contributed by atoms with E-state index in [0.29, 0.717) is 0 Å². The van der Waals surface area contributed by atoms with Gasteiger partial charge in [0.05, 0.1) is 19.8 Å². The van der Waals surface area contributed by atoms with Crippen molar-refractivity contribution in [2.45, 2.75) is 44.2 Å². The summed E-state index contributed by atoms with van der Waals surface area (Å²) in [5.74, 6) is 0. The van der Waals surface area contributed by atoms with Crippen LogP contribution in [0.4, 0.5) is 0 Å². The van der Waals surface area contributed by atoms with Gasteiger partial charge in [-0.25, -0.2) is 0 Å². The number of nitrogens with zero attached hydrogens (tertiary/aromatic N) is 2. The second-order valence-corrected chi connectivity index (χ2v) is 6.54. The first-order valence-corrected chi connectivity index (χ1v) is 8.57. The molecular weight excluding hydrogens is 266 g/mol. The predicted octanol–water partition coefficient (Wildman–Crippen LogP) is 0.534. The third-order valence-corrected chi connectivity index (χ3v) is 5.45. The second kappa shape index (κ2) is 8.44. The summed E-state index contributed by atoms with van der Waals surface area (Å²) >= 11 is 0. The molecule has 124 valence electrons. The molecule has 2 saturated heterocycles. The third-order valence-electron chi connectivity index (χ3n) is 5.45. The molecule has 2 aliphatic rings. The molecule has 0 aromatic carbocycles. The van der Waals surface area contributed by atoms with Gasteiger partial charge in [-0.2, -0.15) is 0 Å². The minimum absolute atomic E-state index is 0.0800. The molecule has 2 unspecified atom stereocenters. The van der Waals surface area contributed by atoms with Crippen molar-refractivity contribution in [3.63, 3.8) is 0 Å². The van der Waals surface area contributed by atoms with Crippen LogP contribution in [-0.4, -0.2) is 86.1 Å². The van der Waals surface area contributed by atoms with E-state index in [0.717, 1.165) is 58.2 Å². The highest BCUT2D eigenvalue weighted by molar-refractivity contribution is 4.87. The van der Waals surface area contributed by atoms with Gasteiger partial charge in [0.25, 0.3) is 0 Å². The molecule has 21 heavy (non-hydrogen) atoms. The largest absolute Gasteiger partial charge is 0.394 e. The first-order valence-electron chi connectivity index (χ1n) is 8.57. The predicted molar refractivity (Wildman–Crippen MR) is 85.6 cm³/mol. The highest BCUT2D eigenvalue weighted by Gasteiger charge is 2.29. The minimum atomic E-state index is -0.0800. The lowest BCUT2D eigenvalue weighted by Gasteiger charge is -2.32. The summed E-state index contributed by atoms with van der Waals surface area (Å²) < 4.78 is 5.44. The topological polar surface area (TPSA) is 48.0 Å². The van der Waals surface area contributed by atoms with E-state index in [1.165, 1.54) is 19.5 Å². The zero-order valence-electron chi connectivity index (χ0n) is 13.8. The van der Waals surface area contributed by atoms with Gasteiger partial charge in [-0.3, -0.25) is 4.90 Å². The Kier molecular flexibility index (Phi) is 6.89. The summed E-state index contributed by atoms with van der Waals surface area (Å²) in [5, 5.41) is 12.9. The lowest BCUT2D eigenvalue weighted by Crippen LogP contribution is -2.46. The number of aliphatic hydroxyl groups excluding tert-OH is 1. The summed E-state index contributed by atoms with van der Waals surface area (Å²) in [6.07, 6.45) is 4.49. The van der Waals surface area contributed by atoms with Crippen molar-refractivity contribution in [1.82, 2.24) is 15.1 Å². The van der Waals surface area contributed by atoms with Crippen LogP contribution in [0.15, 0.2) is 0 Å². The van der Waals surface area contributed by atoms with Gasteiger partial charge in [0.1, 0.15) is 0 Å². The summed E-state index contributed by atoms with van der Waals surface area (Å²) in [6.45, 7) is 9.96. The molecule has 0 spiro atoms. The molecule has 0 amide bonds. The van der Waals surface area contributed by atoms with Crippen LogP contribution in [-0.2, 0) is 4.74 Å². The molecule has 2 N–H and O–H groups in total. The maximum absolute atomic E-state index is 9.59. The fourth-order valence-electron chi connectivity index (χ4n) is 3.65. The van der Waals surface area contributed by atoms with E-state index < -0.39 is 0 Å². The normalized spacial score (nSPS) is 27.9. The molecule has 5 heteroatoms. The Balaban J connectivity index is 1.68. The van der Waals surface area contributed by atoms with Crippen molar-refractivity contribution in [3.8, 4) is 0 Å². The lowest BCUT2D eigenvalue weighted by atomic mass is 9.91. The maximum Gasteiger partial charge on any atom is 0.0613 e. The van der Waals surface area contributed by atoms with E-state index in [1.807, 2.05) is 7.05 Å². The van der Waals surface area contributed by atoms with Crippen LogP contribution in [0.5, 0.6) is 0 Å². The van der Waals surface area contributed by atoms with Crippen LogP contribution < -0.4 is 5.32 Å². The number of morpholine rings is 1. The first-order chi connectivity index (χ1) is 10.2. The van der Waals surface area contributed by atoms with Gasteiger partial charge in [0, 0.05) is 31.2 Å². The Hall–Kier alpha value is -0.200. The van der Waals surface area contributed by atoms with Crippen molar-refractivity contribution in [2.24, 2.45) is 0 Å². The van der Waals surface area contributed by atoms with E-state index in [4.69, 9.17) is 4.74 Å². The molecule has 0 bridgehead atoms. The average molecular weight is 299 g/mol. The number of likely N-dealkylation sites (N-methyl/N-ethyl adjacent to an activating group) is 1. The van der Waals surface area contributed by atoms with E-state index in [-0.39, 0.29) is 12.1 Å². The van der Waals surface area contributed by atoms with E-state index in [9.17, 15) is 5.11 Å². The van der Waals surface area contributed by atoms with E-state index in [1.54, 1.807) is 0 Å². The Labute approximate surface area is 129 Å². The molecule has 2 heterocycles. The van der Waals surface area contributed by atoms with Crippen LogP contribution >= 0.6 is 0 Å². The van der Waals surface area contributed by atoms with E-state index >= 15 is 0 Å². The smallest absolute Gasteiger partial charge is 0.0613 e. The fourth-order valence-corrected chi connectivity index (χ4v) is 3.65. The average Bonchev–Trinajstić information content (AvgIpc) is 3.02. The first kappa shape index (κ1) is 17.2. The molecule has 2 rings (SSSR count). The molecule has 2 atom stereocenters. The fraction of sp³-hybridized carbons (Fsp3) is 1.00. The molecule has 0 aromatic heterocycles. The van der Waals surface area contributed by atoms with Crippen molar-refractivity contribution in [3.05, 3.63) is 0 Å². The van der Waals surface area contributed by atoms with Gasteiger partial charge in [0.2, 0.25) is 0 Å². The van der Waals surface area contributed by atoms with Crippen molar-refractivity contribution in [2.75, 3.05) is 59.6 Å². The van der Waals surface area contributed by atoms with Gasteiger partial charge < -0.3 is 20.1 Å². The van der Waals surface area contributed by atoms with Gasteiger partial charge >= 0.3 is 0 Å². The SMILES string of the molecule is CCC(CO)(CCCN1CCC(N2CCOCC2)C1)NC. The van der Waals surface area contributed by atoms with Crippen molar-refractivity contribution < 1.29 is 9.84 Å². The highest BCUT2D eigenvalue weighted by Crippen LogP contribution is 2.20. The molecule has 0 radical (unpaired) electrons. The maximum atomic E-state index is 9.59. The Morgan fingerprint density at radius 1 is 1.29 bits per heavy atom. The number of likely N-dealkylation sites (tertiary alicyclic amines) is 1. The third kappa shape index (κ3) is 4.63. The van der Waals surface area contributed by atoms with Crippen LogP contribution in [0.1, 0.15) is 32.6 Å². The summed E-state index contributed by atoms with van der Waals surface area (Å²) in [5.41, 5.74) is -0.0800. The molecule has 0 saturated carbocycles. The number of ether oxygens (including phenoxy) is 1. The number of rotatable bonds is 8. The molecule has 0 aliphatic carbocycles. The molecule has 2 fully saturated rings. The molecular formula is C16H33N3O2. The zero-order valence-corrected chi connectivity index (χ0v) is 13.8. The number of hydrogen-bond acceptors (Lipinski definition) is 5. The van der Waals surface area contributed by atoms with Gasteiger partial charge in [-0.1, -0.05) is 6.92 Å². The van der Waals surface area contributed by atoms with Crippen molar-refractivity contribution >= 4 is 0 Å².